The smallest absolute Gasteiger partial charge is 0.246 e. The molecule has 1 fully saturated rings. The van der Waals surface area contributed by atoms with E-state index in [1.54, 1.807) is 0 Å². The summed E-state index contributed by atoms with van der Waals surface area (Å²) in [5.74, 6) is -0.0933. The first kappa shape index (κ1) is 8.49. The summed E-state index contributed by atoms with van der Waals surface area (Å²) in [6.45, 7) is 0.700. The van der Waals surface area contributed by atoms with Crippen LogP contribution in [0.1, 0.15) is 12.8 Å². The van der Waals surface area contributed by atoms with Crippen molar-refractivity contribution in [1.29, 1.82) is 0 Å². The normalized spacial score (nSPS) is 19.5. The van der Waals surface area contributed by atoms with Crippen LogP contribution < -0.4 is 11.1 Å². The molecule has 1 rings (SSSR count). The molecule has 0 radical (unpaired) electrons. The molecule has 0 saturated heterocycles. The highest BCUT2D eigenvalue weighted by Gasteiger charge is 2.38. The van der Waals surface area contributed by atoms with Crippen LogP contribution >= 0.6 is 0 Å². The molecule has 11 heavy (non-hydrogen) atoms. The first-order valence-electron chi connectivity index (χ1n) is 3.71. The molecule has 0 unspecified atom stereocenters. The Morgan fingerprint density at radius 2 is 2.36 bits per heavy atom. The van der Waals surface area contributed by atoms with Crippen molar-refractivity contribution in [2.45, 2.75) is 18.4 Å². The number of nitrogens with two attached hydrogens (primary N) is 1. The molecule has 4 nitrogen and oxygen atoms in total. The van der Waals surface area contributed by atoms with Crippen LogP contribution in [0.2, 0.25) is 0 Å². The Balaban J connectivity index is 2.06. The lowest BCUT2D eigenvalue weighted by Crippen LogP contribution is -2.40. The lowest BCUT2D eigenvalue weighted by molar-refractivity contribution is -0.124. The Morgan fingerprint density at radius 1 is 1.73 bits per heavy atom. The predicted molar refractivity (Wildman–Crippen MR) is 41.0 cm³/mol. The van der Waals surface area contributed by atoms with E-state index >= 15 is 0 Å². The molecule has 3 N–H and O–H groups in total. The van der Waals surface area contributed by atoms with Gasteiger partial charge in [-0.3, -0.25) is 4.79 Å². The molecule has 0 spiro atoms. The fraction of sp³-hybridized carbons (Fsp3) is 0.857. The molecule has 0 bridgehead atoms. The number of carbonyl (C=O) groups excluding carboxylic acids is 1. The molecule has 1 amide bonds. The molecule has 64 valence electrons. The number of rotatable bonds is 4. The molecule has 1 saturated carbocycles. The van der Waals surface area contributed by atoms with Crippen LogP contribution in [-0.4, -0.2) is 31.7 Å². The van der Waals surface area contributed by atoms with Crippen LogP contribution in [0.5, 0.6) is 0 Å². The van der Waals surface area contributed by atoms with E-state index < -0.39 is 0 Å². The molecule has 1 aliphatic rings. The summed E-state index contributed by atoms with van der Waals surface area (Å²) in [5.41, 5.74) is 5.63. The number of nitrogens with one attached hydrogen (secondary N) is 1. The number of hydrogen-bond donors (Lipinski definition) is 2. The molecule has 4 heteroatoms. The van der Waals surface area contributed by atoms with E-state index in [-0.39, 0.29) is 18.1 Å². The van der Waals surface area contributed by atoms with Crippen LogP contribution in [0.25, 0.3) is 0 Å². The lowest BCUT2D eigenvalue weighted by atomic mass is 10.3. The van der Waals surface area contributed by atoms with E-state index in [2.05, 4.69) is 10.1 Å². The van der Waals surface area contributed by atoms with Gasteiger partial charge in [0, 0.05) is 19.2 Å². The highest BCUT2D eigenvalue weighted by Crippen LogP contribution is 2.30. The van der Waals surface area contributed by atoms with Crippen LogP contribution in [0.15, 0.2) is 0 Å². The third kappa shape index (κ3) is 2.86. The zero-order valence-electron chi connectivity index (χ0n) is 6.72. The molecular weight excluding hydrogens is 144 g/mol. The Hall–Kier alpha value is -0.610. The molecule has 0 aromatic heterocycles. The summed E-state index contributed by atoms with van der Waals surface area (Å²) < 4.78 is 4.64. The fourth-order valence-corrected chi connectivity index (χ4v) is 0.794. The van der Waals surface area contributed by atoms with Crippen LogP contribution in [0.3, 0.4) is 0 Å². The maximum atomic E-state index is 10.8. The Bertz CT molecular complexity index is 155. The van der Waals surface area contributed by atoms with Gasteiger partial charge >= 0.3 is 0 Å². The van der Waals surface area contributed by atoms with Crippen molar-refractivity contribution in [3.8, 4) is 0 Å². The second kappa shape index (κ2) is 3.19. The standard InChI is InChI=1S/C7H14N2O2/c1-11-4-6(10)9-5-7(8)2-3-7/h2-5,8H2,1H3,(H,9,10). The first-order chi connectivity index (χ1) is 5.16. The van der Waals surface area contributed by atoms with Gasteiger partial charge in [-0.1, -0.05) is 0 Å². The SMILES string of the molecule is COCC(=O)NCC1(N)CC1. The number of hydrogen-bond acceptors (Lipinski definition) is 3. The summed E-state index contributed by atoms with van der Waals surface area (Å²) in [4.78, 5) is 10.8. The number of amides is 1. The summed E-state index contributed by atoms with van der Waals surface area (Å²) in [5, 5.41) is 2.70. The van der Waals surface area contributed by atoms with Gasteiger partial charge in [0.05, 0.1) is 0 Å². The van der Waals surface area contributed by atoms with Crippen molar-refractivity contribution in [3.63, 3.8) is 0 Å². The Kier molecular flexibility index (Phi) is 2.46. The van der Waals surface area contributed by atoms with Gasteiger partial charge in [-0.15, -0.1) is 0 Å². The van der Waals surface area contributed by atoms with Gasteiger partial charge in [-0.05, 0) is 12.8 Å². The average Bonchev–Trinajstić information content (AvgIpc) is 2.66. The summed E-state index contributed by atoms with van der Waals surface area (Å²) in [6.07, 6.45) is 2.03. The molecule has 0 aromatic carbocycles. The van der Waals surface area contributed by atoms with Crippen molar-refractivity contribution in [2.24, 2.45) is 5.73 Å². The second-order valence-electron chi connectivity index (χ2n) is 3.07. The van der Waals surface area contributed by atoms with Crippen LogP contribution in [0, 0.1) is 0 Å². The van der Waals surface area contributed by atoms with Gasteiger partial charge in [-0.2, -0.15) is 0 Å². The number of carbonyl (C=O) groups is 1. The minimum Gasteiger partial charge on any atom is -0.375 e. The van der Waals surface area contributed by atoms with Crippen LogP contribution in [0.4, 0.5) is 0 Å². The monoisotopic (exact) mass is 158 g/mol. The van der Waals surface area contributed by atoms with E-state index in [9.17, 15) is 4.79 Å². The summed E-state index contributed by atoms with van der Waals surface area (Å²) in [6, 6.07) is 0. The quantitative estimate of drug-likeness (QED) is 0.565. The topological polar surface area (TPSA) is 64.3 Å². The zero-order chi connectivity index (χ0) is 8.32. The predicted octanol–water partition coefficient (Wildman–Crippen LogP) is -0.760. The number of ether oxygens (including phenoxy) is 1. The van der Waals surface area contributed by atoms with Crippen molar-refractivity contribution in [2.75, 3.05) is 20.3 Å². The van der Waals surface area contributed by atoms with E-state index in [0.717, 1.165) is 12.8 Å². The Morgan fingerprint density at radius 3 is 2.82 bits per heavy atom. The first-order valence-corrected chi connectivity index (χ1v) is 3.71. The maximum absolute atomic E-state index is 10.8. The highest BCUT2D eigenvalue weighted by atomic mass is 16.5. The molecule has 0 aliphatic heterocycles. The van der Waals surface area contributed by atoms with Gasteiger partial charge in [0.15, 0.2) is 0 Å². The minimum absolute atomic E-state index is 0.0933. The molecule has 0 heterocycles. The number of methoxy groups -OCH3 is 1. The van der Waals surface area contributed by atoms with Gasteiger partial charge < -0.3 is 15.8 Å². The maximum Gasteiger partial charge on any atom is 0.246 e. The van der Waals surface area contributed by atoms with E-state index in [1.165, 1.54) is 7.11 Å². The third-order valence-electron chi connectivity index (χ3n) is 1.81. The van der Waals surface area contributed by atoms with Crippen molar-refractivity contribution >= 4 is 5.91 Å². The van der Waals surface area contributed by atoms with Crippen molar-refractivity contribution in [1.82, 2.24) is 5.32 Å². The summed E-state index contributed by atoms with van der Waals surface area (Å²) in [7, 11) is 1.49. The highest BCUT2D eigenvalue weighted by molar-refractivity contribution is 5.77. The molecular formula is C7H14N2O2. The second-order valence-corrected chi connectivity index (χ2v) is 3.07. The van der Waals surface area contributed by atoms with Gasteiger partial charge in [0.25, 0.3) is 0 Å². The fourth-order valence-electron chi connectivity index (χ4n) is 0.794. The van der Waals surface area contributed by atoms with Crippen molar-refractivity contribution < 1.29 is 9.53 Å². The Labute approximate surface area is 66.1 Å². The lowest BCUT2D eigenvalue weighted by Gasteiger charge is -2.09. The van der Waals surface area contributed by atoms with Crippen LogP contribution in [-0.2, 0) is 9.53 Å². The largest absolute Gasteiger partial charge is 0.375 e. The van der Waals surface area contributed by atoms with Crippen molar-refractivity contribution in [3.05, 3.63) is 0 Å². The van der Waals surface area contributed by atoms with E-state index in [1.807, 2.05) is 0 Å². The molecule has 1 aliphatic carbocycles. The average molecular weight is 158 g/mol. The minimum atomic E-state index is -0.108. The van der Waals surface area contributed by atoms with Gasteiger partial charge in [0.1, 0.15) is 6.61 Å². The van der Waals surface area contributed by atoms with E-state index in [0.29, 0.717) is 6.54 Å². The van der Waals surface area contributed by atoms with Gasteiger partial charge in [-0.25, -0.2) is 0 Å². The van der Waals surface area contributed by atoms with E-state index in [4.69, 9.17) is 5.73 Å². The third-order valence-corrected chi connectivity index (χ3v) is 1.81. The zero-order valence-corrected chi connectivity index (χ0v) is 6.72. The summed E-state index contributed by atoms with van der Waals surface area (Å²) >= 11 is 0. The molecule has 0 atom stereocenters. The molecule has 0 aromatic rings. The van der Waals surface area contributed by atoms with Gasteiger partial charge in [0.2, 0.25) is 5.91 Å².